The topological polar surface area (TPSA) is 55.1 Å². The van der Waals surface area contributed by atoms with Crippen LogP contribution < -0.4 is 0 Å². The van der Waals surface area contributed by atoms with E-state index in [1.165, 1.54) is 0 Å². The Hall–Kier alpha value is -1.14. The molecule has 2 rings (SSSR count). The van der Waals surface area contributed by atoms with Crippen molar-refractivity contribution in [3.8, 4) is 10.4 Å². The van der Waals surface area contributed by atoms with Gasteiger partial charge in [-0.15, -0.1) is 11.3 Å². The minimum absolute atomic E-state index is 0.0117. The van der Waals surface area contributed by atoms with Crippen LogP contribution in [-0.4, -0.2) is 20.9 Å². The number of aromatic nitrogens is 2. The van der Waals surface area contributed by atoms with Gasteiger partial charge in [0.05, 0.1) is 17.8 Å². The van der Waals surface area contributed by atoms with Crippen LogP contribution in [0.2, 0.25) is 0 Å². The Kier molecular flexibility index (Phi) is 3.35. The van der Waals surface area contributed by atoms with Gasteiger partial charge in [-0.1, -0.05) is 0 Å². The van der Waals surface area contributed by atoms with Crippen LogP contribution in [0.15, 0.2) is 15.9 Å². The number of carboxylic acids is 1. The van der Waals surface area contributed by atoms with Crippen LogP contribution in [0.5, 0.6) is 0 Å². The second kappa shape index (κ2) is 4.62. The highest BCUT2D eigenvalue weighted by Crippen LogP contribution is 2.34. The van der Waals surface area contributed by atoms with Crippen LogP contribution in [0.4, 0.5) is 0 Å². The number of hydrogen-bond donors (Lipinski definition) is 1. The third kappa shape index (κ3) is 2.42. The van der Waals surface area contributed by atoms with Crippen molar-refractivity contribution in [3.63, 3.8) is 0 Å². The van der Waals surface area contributed by atoms with Crippen molar-refractivity contribution >= 4 is 33.2 Å². The van der Waals surface area contributed by atoms with E-state index in [9.17, 15) is 4.79 Å². The van der Waals surface area contributed by atoms with Gasteiger partial charge in [-0.25, -0.2) is 0 Å². The summed E-state index contributed by atoms with van der Waals surface area (Å²) < 4.78 is 2.65. The molecule has 4 nitrogen and oxygen atoms in total. The molecule has 0 aromatic carbocycles. The first-order valence-corrected chi connectivity index (χ1v) is 6.65. The highest BCUT2D eigenvalue weighted by Gasteiger charge is 2.18. The molecule has 0 aliphatic rings. The summed E-state index contributed by atoms with van der Waals surface area (Å²) in [6, 6.07) is 1.99. The molecule has 0 radical (unpaired) electrons. The van der Waals surface area contributed by atoms with Crippen molar-refractivity contribution in [1.29, 1.82) is 0 Å². The fourth-order valence-corrected chi connectivity index (χ4v) is 3.36. The molecular weight excluding hydrogens is 304 g/mol. The molecule has 2 heterocycles. The molecule has 0 bridgehead atoms. The number of nitrogens with zero attached hydrogens (tertiary/aromatic N) is 2. The van der Waals surface area contributed by atoms with Crippen molar-refractivity contribution in [2.24, 2.45) is 7.05 Å². The molecule has 0 spiro atoms. The van der Waals surface area contributed by atoms with Crippen molar-refractivity contribution in [2.75, 3.05) is 0 Å². The summed E-state index contributed by atoms with van der Waals surface area (Å²) in [5, 5.41) is 15.2. The summed E-state index contributed by atoms with van der Waals surface area (Å²) in [5.41, 5.74) is 2.54. The number of thiophene rings is 1. The van der Waals surface area contributed by atoms with Crippen LogP contribution in [0.1, 0.15) is 11.4 Å². The number of halogens is 1. The minimum atomic E-state index is -0.843. The van der Waals surface area contributed by atoms with Gasteiger partial charge in [-0.05, 0) is 28.9 Å². The molecule has 1 N–H and O–H groups in total. The summed E-state index contributed by atoms with van der Waals surface area (Å²) in [6.07, 6.45) is -0.0117. The zero-order valence-corrected chi connectivity index (χ0v) is 11.8. The van der Waals surface area contributed by atoms with Crippen LogP contribution in [0, 0.1) is 6.92 Å². The van der Waals surface area contributed by atoms with E-state index in [2.05, 4.69) is 21.0 Å². The lowest BCUT2D eigenvalue weighted by Crippen LogP contribution is -2.06. The molecule has 90 valence electrons. The molecule has 0 unspecified atom stereocenters. The smallest absolute Gasteiger partial charge is 0.309 e. The van der Waals surface area contributed by atoms with E-state index in [0.29, 0.717) is 0 Å². The van der Waals surface area contributed by atoms with Crippen LogP contribution in [0.3, 0.4) is 0 Å². The Bertz CT molecular complexity index is 574. The maximum Gasteiger partial charge on any atom is 0.309 e. The van der Waals surface area contributed by atoms with Crippen molar-refractivity contribution in [1.82, 2.24) is 9.78 Å². The fourth-order valence-electron chi connectivity index (χ4n) is 1.82. The Morgan fingerprint density at radius 2 is 2.35 bits per heavy atom. The van der Waals surface area contributed by atoms with E-state index >= 15 is 0 Å². The minimum Gasteiger partial charge on any atom is -0.481 e. The van der Waals surface area contributed by atoms with Gasteiger partial charge in [0.25, 0.3) is 0 Å². The van der Waals surface area contributed by atoms with Gasteiger partial charge in [0.1, 0.15) is 0 Å². The monoisotopic (exact) mass is 314 g/mol. The van der Waals surface area contributed by atoms with Gasteiger partial charge in [0, 0.05) is 27.3 Å². The van der Waals surface area contributed by atoms with Gasteiger partial charge < -0.3 is 5.11 Å². The van der Waals surface area contributed by atoms with Gasteiger partial charge >= 0.3 is 5.97 Å². The standard InChI is InChI=1S/C11H11BrN2O2S/c1-6-11(9-3-7(12)5-17-9)8(4-10(15)16)14(2)13-6/h3,5H,4H2,1-2H3,(H,15,16). The van der Waals surface area contributed by atoms with E-state index in [-0.39, 0.29) is 6.42 Å². The van der Waals surface area contributed by atoms with E-state index in [1.807, 2.05) is 18.4 Å². The highest BCUT2D eigenvalue weighted by molar-refractivity contribution is 9.10. The van der Waals surface area contributed by atoms with Gasteiger partial charge in [-0.2, -0.15) is 5.10 Å². The second-order valence-corrected chi connectivity index (χ2v) is 5.56. The summed E-state index contributed by atoms with van der Waals surface area (Å²) >= 11 is 4.98. The molecule has 0 aliphatic carbocycles. The normalized spacial score (nSPS) is 10.8. The lowest BCUT2D eigenvalue weighted by atomic mass is 10.1. The lowest BCUT2D eigenvalue weighted by molar-refractivity contribution is -0.136. The van der Waals surface area contributed by atoms with Crippen molar-refractivity contribution in [3.05, 3.63) is 27.3 Å². The highest BCUT2D eigenvalue weighted by atomic mass is 79.9. The molecule has 0 fully saturated rings. The first-order valence-electron chi connectivity index (χ1n) is 4.97. The summed E-state index contributed by atoms with van der Waals surface area (Å²) in [4.78, 5) is 11.9. The summed E-state index contributed by atoms with van der Waals surface area (Å²) in [5.74, 6) is -0.843. The zero-order chi connectivity index (χ0) is 12.6. The Morgan fingerprint density at radius 1 is 1.65 bits per heavy atom. The number of aryl methyl sites for hydroxylation is 2. The SMILES string of the molecule is Cc1nn(C)c(CC(=O)O)c1-c1cc(Br)cs1. The third-order valence-corrected chi connectivity index (χ3v) is 4.18. The van der Waals surface area contributed by atoms with Crippen molar-refractivity contribution in [2.45, 2.75) is 13.3 Å². The molecule has 0 saturated carbocycles. The van der Waals surface area contributed by atoms with Crippen LogP contribution >= 0.6 is 27.3 Å². The molecular formula is C11H11BrN2O2S. The first kappa shape index (κ1) is 12.3. The van der Waals surface area contributed by atoms with E-state index < -0.39 is 5.97 Å². The Balaban J connectivity index is 2.55. The van der Waals surface area contributed by atoms with Crippen LogP contribution in [0.25, 0.3) is 10.4 Å². The van der Waals surface area contributed by atoms with Crippen molar-refractivity contribution < 1.29 is 9.90 Å². The predicted molar refractivity (Wildman–Crippen MR) is 70.3 cm³/mol. The molecule has 2 aromatic rings. The zero-order valence-electron chi connectivity index (χ0n) is 9.40. The molecule has 17 heavy (non-hydrogen) atoms. The molecule has 0 amide bonds. The maximum atomic E-state index is 10.9. The van der Waals surface area contributed by atoms with E-state index in [1.54, 1.807) is 23.1 Å². The average Bonchev–Trinajstić information content (AvgIpc) is 2.72. The lowest BCUT2D eigenvalue weighted by Gasteiger charge is -2.01. The van der Waals surface area contributed by atoms with Gasteiger partial charge in [0.15, 0.2) is 0 Å². The first-order chi connectivity index (χ1) is 7.99. The largest absolute Gasteiger partial charge is 0.481 e. The van der Waals surface area contributed by atoms with E-state index in [4.69, 9.17) is 5.11 Å². The van der Waals surface area contributed by atoms with Gasteiger partial charge in [-0.3, -0.25) is 9.48 Å². The number of rotatable bonds is 3. The molecule has 0 atom stereocenters. The third-order valence-electron chi connectivity index (χ3n) is 2.47. The number of hydrogen-bond acceptors (Lipinski definition) is 3. The number of carboxylic acid groups (broad SMARTS) is 1. The molecule has 0 saturated heterocycles. The van der Waals surface area contributed by atoms with Crippen LogP contribution in [-0.2, 0) is 18.3 Å². The van der Waals surface area contributed by atoms with Gasteiger partial charge in [0.2, 0.25) is 0 Å². The number of aliphatic carboxylic acids is 1. The Labute approximate surface area is 111 Å². The second-order valence-electron chi connectivity index (χ2n) is 3.73. The summed E-state index contributed by atoms with van der Waals surface area (Å²) in [6.45, 7) is 1.90. The molecule has 6 heteroatoms. The Morgan fingerprint density at radius 3 is 2.88 bits per heavy atom. The predicted octanol–water partition coefficient (Wildman–Crippen LogP) is 2.85. The summed E-state index contributed by atoms with van der Waals surface area (Å²) in [7, 11) is 1.78. The average molecular weight is 315 g/mol. The fraction of sp³-hybridized carbons (Fsp3) is 0.273. The number of carbonyl (C=O) groups is 1. The quantitative estimate of drug-likeness (QED) is 0.947. The maximum absolute atomic E-state index is 10.9. The molecule has 0 aliphatic heterocycles. The van der Waals surface area contributed by atoms with E-state index in [0.717, 1.165) is 26.3 Å². The molecule has 2 aromatic heterocycles.